The molecule has 4 heterocycles. The normalized spacial score (nSPS) is 14.2. The first kappa shape index (κ1) is 25.8. The molecule has 36 heavy (non-hydrogen) atoms. The fraction of sp³-hybridized carbons (Fsp3) is 0.308. The Kier molecular flexibility index (Phi) is 7.15. The molecular weight excluding hydrogens is 493 g/mol. The van der Waals surface area contributed by atoms with Crippen molar-refractivity contribution in [1.29, 1.82) is 0 Å². The van der Waals surface area contributed by atoms with Crippen LogP contribution in [-0.2, 0) is 32.8 Å². The van der Waals surface area contributed by atoms with Gasteiger partial charge in [-0.3, -0.25) is 14.3 Å². The van der Waals surface area contributed by atoms with Crippen molar-refractivity contribution in [2.75, 3.05) is 13.6 Å². The Bertz CT molecular complexity index is 1440. The van der Waals surface area contributed by atoms with Gasteiger partial charge in [-0.15, -0.1) is 12.4 Å². The molecule has 0 unspecified atom stereocenters. The molecule has 3 aromatic heterocycles. The van der Waals surface area contributed by atoms with Gasteiger partial charge in [0.05, 0.1) is 11.2 Å². The second-order valence-corrected chi connectivity index (χ2v) is 8.94. The second-order valence-electron chi connectivity index (χ2n) is 8.94. The predicted octanol–water partition coefficient (Wildman–Crippen LogP) is 5.12. The number of aryl methyl sites for hydroxylation is 1. The van der Waals surface area contributed by atoms with Crippen LogP contribution < -0.4 is 10.3 Å². The maximum atomic E-state index is 12.8. The van der Waals surface area contributed by atoms with Crippen LogP contribution >= 0.6 is 12.4 Å². The van der Waals surface area contributed by atoms with Crippen molar-refractivity contribution in [1.82, 2.24) is 19.0 Å². The van der Waals surface area contributed by atoms with Crippen molar-refractivity contribution in [3.8, 4) is 11.4 Å². The summed E-state index contributed by atoms with van der Waals surface area (Å²) in [5.74, 6) is 0.334. The number of nitrogens with zero attached hydrogens (tertiary/aromatic N) is 4. The largest absolute Gasteiger partial charge is 0.489 e. The van der Waals surface area contributed by atoms with Crippen LogP contribution in [0, 0.1) is 0 Å². The minimum Gasteiger partial charge on any atom is -0.489 e. The van der Waals surface area contributed by atoms with Crippen LogP contribution in [0.3, 0.4) is 0 Å². The van der Waals surface area contributed by atoms with Crippen LogP contribution in [0.15, 0.2) is 59.7 Å². The molecule has 5 rings (SSSR count). The van der Waals surface area contributed by atoms with Gasteiger partial charge in [0, 0.05) is 48.7 Å². The number of halogens is 4. The van der Waals surface area contributed by atoms with E-state index in [9.17, 15) is 18.0 Å². The van der Waals surface area contributed by atoms with Crippen molar-refractivity contribution < 1.29 is 17.9 Å². The molecule has 0 saturated heterocycles. The number of hydrogen-bond acceptors (Lipinski definition) is 4. The first-order valence-electron chi connectivity index (χ1n) is 11.4. The average molecular weight is 519 g/mol. The number of rotatable bonds is 4. The topological polar surface area (TPSA) is 52.3 Å². The lowest BCUT2D eigenvalue weighted by Gasteiger charge is -2.13. The number of ether oxygens (including phenoxy) is 1. The van der Waals surface area contributed by atoms with Crippen molar-refractivity contribution in [3.05, 3.63) is 87.7 Å². The Morgan fingerprint density at radius 3 is 2.58 bits per heavy atom. The van der Waals surface area contributed by atoms with Gasteiger partial charge < -0.3 is 14.2 Å². The van der Waals surface area contributed by atoms with Crippen molar-refractivity contribution in [3.63, 3.8) is 0 Å². The molecule has 0 atom stereocenters. The smallest absolute Gasteiger partial charge is 0.433 e. The molecule has 0 bridgehead atoms. The van der Waals surface area contributed by atoms with E-state index >= 15 is 0 Å². The average Bonchev–Trinajstić information content (AvgIpc) is 2.95. The maximum absolute atomic E-state index is 12.8. The quantitative estimate of drug-likeness (QED) is 0.376. The van der Waals surface area contributed by atoms with E-state index in [-0.39, 0.29) is 24.6 Å². The molecule has 0 fully saturated rings. The van der Waals surface area contributed by atoms with Gasteiger partial charge in [-0.05, 0) is 56.3 Å². The number of aromatic nitrogens is 3. The summed E-state index contributed by atoms with van der Waals surface area (Å²) >= 11 is 0. The fourth-order valence-corrected chi connectivity index (χ4v) is 4.67. The number of alkyl halides is 3. The number of hydrogen-bond donors (Lipinski definition) is 0. The first-order chi connectivity index (χ1) is 16.7. The molecule has 1 aromatic carbocycles. The molecule has 0 aliphatic carbocycles. The van der Waals surface area contributed by atoms with Crippen molar-refractivity contribution >= 4 is 23.3 Å². The minimum absolute atomic E-state index is 0. The van der Waals surface area contributed by atoms with Crippen molar-refractivity contribution in [2.45, 2.75) is 32.2 Å². The Morgan fingerprint density at radius 2 is 1.89 bits per heavy atom. The fourth-order valence-electron chi connectivity index (χ4n) is 4.67. The van der Waals surface area contributed by atoms with E-state index in [4.69, 9.17) is 4.74 Å². The van der Waals surface area contributed by atoms with Gasteiger partial charge in [0.25, 0.3) is 5.56 Å². The third kappa shape index (κ3) is 4.99. The van der Waals surface area contributed by atoms with Crippen LogP contribution in [0.25, 0.3) is 16.6 Å². The number of fused-ring (bicyclic) bond motifs is 3. The maximum Gasteiger partial charge on any atom is 0.433 e. The SMILES string of the molecule is CN1CCCc2c(c3ccc(-n4ccc(OCc5ccc(C(F)(F)F)nc5)cc4=O)cc3n2C)C1.Cl. The highest BCUT2D eigenvalue weighted by Gasteiger charge is 2.32. The second kappa shape index (κ2) is 9.99. The van der Waals surface area contributed by atoms with E-state index < -0.39 is 11.9 Å². The lowest BCUT2D eigenvalue weighted by molar-refractivity contribution is -0.141. The van der Waals surface area contributed by atoms with E-state index in [1.807, 2.05) is 12.1 Å². The Balaban J connectivity index is 0.00000304. The highest BCUT2D eigenvalue weighted by atomic mass is 35.5. The molecule has 0 radical (unpaired) electrons. The highest BCUT2D eigenvalue weighted by Crippen LogP contribution is 2.31. The molecule has 10 heteroatoms. The number of benzene rings is 1. The third-order valence-corrected chi connectivity index (χ3v) is 6.49. The first-order valence-corrected chi connectivity index (χ1v) is 11.4. The molecule has 0 N–H and O–H groups in total. The molecule has 0 amide bonds. The monoisotopic (exact) mass is 518 g/mol. The summed E-state index contributed by atoms with van der Waals surface area (Å²) in [6.45, 7) is 1.99. The van der Waals surface area contributed by atoms with E-state index in [0.29, 0.717) is 11.3 Å². The van der Waals surface area contributed by atoms with Crippen LogP contribution in [0.5, 0.6) is 5.75 Å². The summed E-state index contributed by atoms with van der Waals surface area (Å²) < 4.78 is 47.4. The standard InChI is InChI=1S/C26H25F3N4O2.ClH/c1-31-10-3-4-22-21(15-31)20-7-6-18(12-23(20)32(22)2)33-11-9-19(13-25(33)34)35-16-17-5-8-24(30-14-17)26(27,28)29;/h5-9,11-14H,3-4,10,15-16H2,1-2H3;1H. The summed E-state index contributed by atoms with van der Waals surface area (Å²) in [5.41, 5.74) is 3.79. The van der Waals surface area contributed by atoms with Gasteiger partial charge in [0.15, 0.2) is 0 Å². The minimum atomic E-state index is -4.48. The zero-order valence-electron chi connectivity index (χ0n) is 19.9. The molecule has 0 saturated carbocycles. The lowest BCUT2D eigenvalue weighted by Crippen LogP contribution is -2.17. The summed E-state index contributed by atoms with van der Waals surface area (Å²) in [7, 11) is 4.21. The van der Waals surface area contributed by atoms with E-state index in [2.05, 4.69) is 34.6 Å². The van der Waals surface area contributed by atoms with Crippen LogP contribution in [0.2, 0.25) is 0 Å². The summed E-state index contributed by atoms with van der Waals surface area (Å²) in [6, 6.07) is 11.3. The Morgan fingerprint density at radius 1 is 1.08 bits per heavy atom. The van der Waals surface area contributed by atoms with Crippen molar-refractivity contribution in [2.24, 2.45) is 7.05 Å². The zero-order chi connectivity index (χ0) is 24.7. The van der Waals surface area contributed by atoms with Gasteiger partial charge in [-0.2, -0.15) is 13.2 Å². The van der Waals surface area contributed by atoms with Gasteiger partial charge in [0.1, 0.15) is 18.1 Å². The third-order valence-electron chi connectivity index (χ3n) is 6.49. The molecule has 4 aromatic rings. The van der Waals surface area contributed by atoms with E-state index in [1.54, 1.807) is 16.8 Å². The molecule has 6 nitrogen and oxygen atoms in total. The van der Waals surface area contributed by atoms with Gasteiger partial charge in [-0.25, -0.2) is 0 Å². The molecule has 0 spiro atoms. The molecule has 1 aliphatic heterocycles. The molecule has 190 valence electrons. The lowest BCUT2D eigenvalue weighted by atomic mass is 10.1. The van der Waals surface area contributed by atoms with Gasteiger partial charge >= 0.3 is 6.18 Å². The van der Waals surface area contributed by atoms with Crippen LogP contribution in [0.4, 0.5) is 13.2 Å². The van der Waals surface area contributed by atoms with Gasteiger partial charge in [-0.1, -0.05) is 12.1 Å². The predicted molar refractivity (Wildman–Crippen MR) is 134 cm³/mol. The summed E-state index contributed by atoms with van der Waals surface area (Å²) in [6.07, 6.45) is 0.426. The zero-order valence-corrected chi connectivity index (χ0v) is 20.7. The van der Waals surface area contributed by atoms with Crippen LogP contribution in [-0.4, -0.2) is 32.6 Å². The van der Waals surface area contributed by atoms with E-state index in [1.165, 1.54) is 28.8 Å². The van der Waals surface area contributed by atoms with E-state index in [0.717, 1.165) is 49.4 Å². The highest BCUT2D eigenvalue weighted by molar-refractivity contribution is 5.87. The number of pyridine rings is 2. The summed E-state index contributed by atoms with van der Waals surface area (Å²) in [5, 5.41) is 1.21. The Labute approximate surface area is 212 Å². The van der Waals surface area contributed by atoms with Crippen LogP contribution in [0.1, 0.15) is 28.9 Å². The Hall–Kier alpha value is -3.30. The van der Waals surface area contributed by atoms with Gasteiger partial charge in [0.2, 0.25) is 0 Å². The summed E-state index contributed by atoms with van der Waals surface area (Å²) in [4.78, 5) is 18.6. The molecular formula is C26H26ClF3N4O2. The molecule has 1 aliphatic rings.